The number of nitrogen functional groups attached to an aromatic ring is 1. The maximum absolute atomic E-state index is 13.1. The molecule has 0 amide bonds. The lowest BCUT2D eigenvalue weighted by molar-refractivity contribution is 0.103. The van der Waals surface area contributed by atoms with Gasteiger partial charge < -0.3 is 19.8 Å². The number of fused-ring (bicyclic) bond motifs is 1. The summed E-state index contributed by atoms with van der Waals surface area (Å²) in [5.41, 5.74) is 8.28. The zero-order valence-corrected chi connectivity index (χ0v) is 22.1. The lowest BCUT2D eigenvalue weighted by Crippen LogP contribution is -2.28. The Morgan fingerprint density at radius 2 is 1.56 bits per heavy atom. The van der Waals surface area contributed by atoms with Gasteiger partial charge in [-0.1, -0.05) is 38.8 Å². The van der Waals surface area contributed by atoms with Crippen LogP contribution in [0.4, 0.5) is 5.69 Å². The highest BCUT2D eigenvalue weighted by Crippen LogP contribution is 2.31. The Morgan fingerprint density at radius 1 is 0.941 bits per heavy atom. The molecule has 2 N–H and O–H groups in total. The number of hydrogen-bond acceptors (Lipinski definition) is 5. The van der Waals surface area contributed by atoms with E-state index in [1.165, 1.54) is 38.8 Å². The second-order valence-electron chi connectivity index (χ2n) is 8.36. The zero-order valence-electron chi connectivity index (χ0n) is 20.5. The van der Waals surface area contributed by atoms with Gasteiger partial charge in [-0.05, 0) is 69.6 Å². The number of carbonyl (C=O) groups is 1. The summed E-state index contributed by atoms with van der Waals surface area (Å²) >= 11 is 0. The first-order valence-corrected chi connectivity index (χ1v) is 11.8. The average molecular weight is 510 g/mol. The van der Waals surface area contributed by atoms with Crippen molar-refractivity contribution in [3.05, 3.63) is 59.4 Å². The minimum Gasteiger partial charge on any atom is -0.494 e. The second kappa shape index (κ2) is 14.9. The molecule has 34 heavy (non-hydrogen) atoms. The van der Waals surface area contributed by atoms with Crippen LogP contribution in [0.25, 0.3) is 11.0 Å². The Bertz CT molecular complexity index is 1010. The Morgan fingerprint density at radius 3 is 2.18 bits per heavy atom. The first-order chi connectivity index (χ1) is 15.5. The predicted octanol–water partition coefficient (Wildman–Crippen LogP) is 7.07. The van der Waals surface area contributed by atoms with Crippen LogP contribution in [0.1, 0.15) is 67.6 Å². The number of ether oxygens (including phenoxy) is 1. The fourth-order valence-corrected chi connectivity index (χ4v) is 3.97. The number of nitrogens with zero attached hydrogens (tertiary/aromatic N) is 1. The van der Waals surface area contributed by atoms with E-state index >= 15 is 0 Å². The molecular formula is C27H38Cl2N2O3. The molecule has 2 aromatic carbocycles. The number of hydrogen-bond donors (Lipinski definition) is 1. The number of unbranched alkanes of at least 4 members (excludes halogenated alkanes) is 2. The van der Waals surface area contributed by atoms with Crippen LogP contribution in [0.3, 0.4) is 0 Å². The van der Waals surface area contributed by atoms with E-state index in [1.807, 2.05) is 36.4 Å². The van der Waals surface area contributed by atoms with Crippen molar-refractivity contribution >= 4 is 47.3 Å². The number of carbonyl (C=O) groups excluding carboxylic acids is 1. The Balaban J connectivity index is 0.00000289. The van der Waals surface area contributed by atoms with Gasteiger partial charge in [-0.2, -0.15) is 0 Å². The van der Waals surface area contributed by atoms with Gasteiger partial charge in [0.25, 0.3) is 0 Å². The van der Waals surface area contributed by atoms with Crippen LogP contribution in [-0.4, -0.2) is 36.9 Å². The summed E-state index contributed by atoms with van der Waals surface area (Å²) < 4.78 is 11.7. The van der Waals surface area contributed by atoms with Crippen molar-refractivity contribution < 1.29 is 13.9 Å². The van der Waals surface area contributed by atoms with E-state index < -0.39 is 0 Å². The van der Waals surface area contributed by atoms with Gasteiger partial charge in [-0.3, -0.25) is 4.79 Å². The number of benzene rings is 2. The van der Waals surface area contributed by atoms with Gasteiger partial charge in [0, 0.05) is 17.5 Å². The summed E-state index contributed by atoms with van der Waals surface area (Å²) in [5, 5.41) is 0.753. The molecule has 0 bridgehead atoms. The first kappa shape index (κ1) is 29.8. The molecule has 0 aliphatic carbocycles. The summed E-state index contributed by atoms with van der Waals surface area (Å²) in [6.45, 7) is 10.3. The van der Waals surface area contributed by atoms with Crippen LogP contribution in [0.15, 0.2) is 46.9 Å². The monoisotopic (exact) mass is 508 g/mol. The SMILES string of the molecule is CCCCN(CCCC)CCCOc1ccc(C(=O)c2c(C)oc3c(N)cccc23)cc1.Cl.Cl. The quantitative estimate of drug-likeness (QED) is 0.152. The first-order valence-electron chi connectivity index (χ1n) is 11.8. The summed E-state index contributed by atoms with van der Waals surface area (Å²) in [4.78, 5) is 15.7. The highest BCUT2D eigenvalue weighted by molar-refractivity contribution is 6.17. The molecule has 0 atom stereocenters. The molecule has 5 nitrogen and oxygen atoms in total. The van der Waals surface area contributed by atoms with E-state index in [9.17, 15) is 4.79 Å². The van der Waals surface area contributed by atoms with Gasteiger partial charge in [0.05, 0.1) is 17.9 Å². The summed E-state index contributed by atoms with van der Waals surface area (Å²) in [5.74, 6) is 1.30. The average Bonchev–Trinajstić information content (AvgIpc) is 3.15. The van der Waals surface area contributed by atoms with Gasteiger partial charge >= 0.3 is 0 Å². The number of rotatable bonds is 13. The summed E-state index contributed by atoms with van der Waals surface area (Å²) in [6.07, 6.45) is 5.95. The van der Waals surface area contributed by atoms with Crippen molar-refractivity contribution in [2.45, 2.75) is 52.9 Å². The molecule has 1 aromatic heterocycles. The Hall–Kier alpha value is -2.21. The molecular weight excluding hydrogens is 471 g/mol. The van der Waals surface area contributed by atoms with Crippen LogP contribution in [0, 0.1) is 6.92 Å². The largest absolute Gasteiger partial charge is 0.494 e. The van der Waals surface area contributed by atoms with Crippen LogP contribution < -0.4 is 10.5 Å². The third-order valence-electron chi connectivity index (χ3n) is 5.81. The van der Waals surface area contributed by atoms with Crippen molar-refractivity contribution in [3.8, 4) is 5.75 Å². The lowest BCUT2D eigenvalue weighted by Gasteiger charge is -2.21. The van der Waals surface area contributed by atoms with Crippen molar-refractivity contribution in [1.82, 2.24) is 4.90 Å². The van der Waals surface area contributed by atoms with Crippen molar-refractivity contribution in [2.24, 2.45) is 0 Å². The van der Waals surface area contributed by atoms with E-state index in [1.54, 1.807) is 13.0 Å². The normalized spacial score (nSPS) is 10.7. The van der Waals surface area contributed by atoms with Gasteiger partial charge in [-0.25, -0.2) is 0 Å². The molecule has 7 heteroatoms. The third kappa shape index (κ3) is 7.66. The zero-order chi connectivity index (χ0) is 22.9. The molecule has 0 unspecified atom stereocenters. The van der Waals surface area contributed by atoms with Gasteiger partial charge in [0.15, 0.2) is 11.4 Å². The summed E-state index contributed by atoms with van der Waals surface area (Å²) in [6, 6.07) is 12.9. The molecule has 0 saturated heterocycles. The van der Waals surface area contributed by atoms with Crippen LogP contribution >= 0.6 is 24.8 Å². The number of para-hydroxylation sites is 1. The minimum atomic E-state index is -0.0686. The highest BCUT2D eigenvalue weighted by Gasteiger charge is 2.20. The number of ketones is 1. The maximum atomic E-state index is 13.1. The topological polar surface area (TPSA) is 68.7 Å². The lowest BCUT2D eigenvalue weighted by atomic mass is 10.00. The highest BCUT2D eigenvalue weighted by atomic mass is 35.5. The van der Waals surface area contributed by atoms with Crippen molar-refractivity contribution in [1.29, 1.82) is 0 Å². The molecule has 0 radical (unpaired) electrons. The molecule has 3 aromatic rings. The maximum Gasteiger partial charge on any atom is 0.197 e. The molecule has 1 heterocycles. The number of aryl methyl sites for hydroxylation is 1. The Labute approximate surface area is 215 Å². The number of furan rings is 1. The number of nitrogens with two attached hydrogens (primary N) is 1. The van der Waals surface area contributed by atoms with E-state index in [-0.39, 0.29) is 30.6 Å². The van der Waals surface area contributed by atoms with Crippen molar-refractivity contribution in [3.63, 3.8) is 0 Å². The molecule has 0 spiro atoms. The Kier molecular flexibility index (Phi) is 13.1. The summed E-state index contributed by atoms with van der Waals surface area (Å²) in [7, 11) is 0. The molecule has 0 saturated carbocycles. The fraction of sp³-hybridized carbons (Fsp3) is 0.444. The second-order valence-corrected chi connectivity index (χ2v) is 8.36. The smallest absolute Gasteiger partial charge is 0.197 e. The van der Waals surface area contributed by atoms with E-state index in [0.29, 0.717) is 34.8 Å². The van der Waals surface area contributed by atoms with Gasteiger partial charge in [0.1, 0.15) is 11.5 Å². The van der Waals surface area contributed by atoms with Crippen molar-refractivity contribution in [2.75, 3.05) is 32.0 Å². The molecule has 188 valence electrons. The van der Waals surface area contributed by atoms with E-state index in [0.717, 1.165) is 24.1 Å². The van der Waals surface area contributed by atoms with E-state index in [4.69, 9.17) is 14.9 Å². The minimum absolute atomic E-state index is 0. The van der Waals surface area contributed by atoms with Crippen LogP contribution in [0.5, 0.6) is 5.75 Å². The predicted molar refractivity (Wildman–Crippen MR) is 146 cm³/mol. The molecule has 0 aliphatic rings. The molecule has 0 fully saturated rings. The third-order valence-corrected chi connectivity index (χ3v) is 5.81. The number of anilines is 1. The number of halogens is 2. The van der Waals surface area contributed by atoms with Crippen LogP contribution in [0.2, 0.25) is 0 Å². The standard InChI is InChI=1S/C27H36N2O3.2ClH/c1-4-6-16-29(17-7-5-2)18-9-19-31-22-14-12-21(13-15-22)26(30)25-20(3)32-27-23(25)10-8-11-24(27)28;;/h8,10-15H,4-7,9,16-19,28H2,1-3H3;2*1H. The van der Waals surface area contributed by atoms with Gasteiger partial charge in [-0.15, -0.1) is 24.8 Å². The van der Waals surface area contributed by atoms with E-state index in [2.05, 4.69) is 18.7 Å². The molecule has 0 aliphatic heterocycles. The fourth-order valence-electron chi connectivity index (χ4n) is 3.97. The van der Waals surface area contributed by atoms with Crippen LogP contribution in [-0.2, 0) is 0 Å². The molecule has 3 rings (SSSR count). The van der Waals surface area contributed by atoms with Gasteiger partial charge in [0.2, 0.25) is 0 Å².